The van der Waals surface area contributed by atoms with E-state index in [1.54, 1.807) is 6.07 Å². The Morgan fingerprint density at radius 3 is 2.68 bits per heavy atom. The van der Waals surface area contributed by atoms with Gasteiger partial charge in [0.15, 0.2) is 6.73 Å². The molecule has 2 amide bonds. The predicted octanol–water partition coefficient (Wildman–Crippen LogP) is 3.79. The van der Waals surface area contributed by atoms with E-state index in [0.717, 1.165) is 16.9 Å². The molecule has 0 spiro atoms. The topological polar surface area (TPSA) is 50.4 Å². The Labute approximate surface area is 135 Å². The lowest BCUT2D eigenvalue weighted by atomic mass is 10.1. The zero-order valence-electron chi connectivity index (χ0n) is 12.7. The summed E-state index contributed by atoms with van der Waals surface area (Å²) in [6.45, 7) is 4.53. The van der Waals surface area contributed by atoms with Gasteiger partial charge in [0.1, 0.15) is 5.75 Å². The van der Waals surface area contributed by atoms with E-state index in [1.807, 2.05) is 50.2 Å². The molecule has 0 heterocycles. The molecule has 0 atom stereocenters. The molecule has 2 N–H and O–H groups in total. The summed E-state index contributed by atoms with van der Waals surface area (Å²) in [4.78, 5) is 11.7. The van der Waals surface area contributed by atoms with Crippen molar-refractivity contribution in [2.45, 2.75) is 20.4 Å². The second-order valence-corrected chi connectivity index (χ2v) is 5.48. The minimum absolute atomic E-state index is 0.116. The van der Waals surface area contributed by atoms with Gasteiger partial charge in [0, 0.05) is 11.6 Å². The van der Waals surface area contributed by atoms with Crippen LogP contribution in [0.4, 0.5) is 4.79 Å². The van der Waals surface area contributed by atoms with E-state index in [-0.39, 0.29) is 12.8 Å². The molecule has 5 heteroatoms. The van der Waals surface area contributed by atoms with Crippen LogP contribution in [0.25, 0.3) is 0 Å². The average molecular weight is 319 g/mol. The molecule has 116 valence electrons. The number of nitrogens with one attached hydrogen (secondary N) is 2. The maximum atomic E-state index is 11.7. The van der Waals surface area contributed by atoms with Crippen molar-refractivity contribution in [3.8, 4) is 5.75 Å². The first-order valence-corrected chi connectivity index (χ1v) is 7.38. The molecule has 2 rings (SSSR count). The summed E-state index contributed by atoms with van der Waals surface area (Å²) in [7, 11) is 0. The van der Waals surface area contributed by atoms with Gasteiger partial charge < -0.3 is 15.4 Å². The van der Waals surface area contributed by atoms with Gasteiger partial charge in [0.05, 0.1) is 0 Å². The number of aryl methyl sites for hydroxylation is 2. The highest BCUT2D eigenvalue weighted by Gasteiger charge is 2.03. The number of carbonyl (C=O) groups is 1. The predicted molar refractivity (Wildman–Crippen MR) is 88.2 cm³/mol. The molecule has 2 aromatic carbocycles. The lowest BCUT2D eigenvalue weighted by molar-refractivity contribution is 0.223. The van der Waals surface area contributed by atoms with Crippen molar-refractivity contribution in [3.63, 3.8) is 0 Å². The number of ether oxygens (including phenoxy) is 1. The van der Waals surface area contributed by atoms with Crippen LogP contribution in [-0.4, -0.2) is 12.8 Å². The molecule has 0 saturated carbocycles. The van der Waals surface area contributed by atoms with Crippen molar-refractivity contribution < 1.29 is 9.53 Å². The number of rotatable bonds is 5. The molecule has 2 aromatic rings. The largest absolute Gasteiger partial charge is 0.473 e. The van der Waals surface area contributed by atoms with Crippen molar-refractivity contribution >= 4 is 17.6 Å². The zero-order chi connectivity index (χ0) is 15.9. The van der Waals surface area contributed by atoms with Crippen molar-refractivity contribution in [2.75, 3.05) is 6.73 Å². The molecule has 0 fully saturated rings. The van der Waals surface area contributed by atoms with Crippen LogP contribution in [0.5, 0.6) is 5.75 Å². The van der Waals surface area contributed by atoms with Gasteiger partial charge in [-0.3, -0.25) is 0 Å². The molecule has 0 saturated heterocycles. The van der Waals surface area contributed by atoms with Gasteiger partial charge in [-0.15, -0.1) is 0 Å². The van der Waals surface area contributed by atoms with E-state index >= 15 is 0 Å². The number of amides is 2. The Hall–Kier alpha value is -2.20. The van der Waals surface area contributed by atoms with Gasteiger partial charge in [-0.2, -0.15) is 0 Å². The highest BCUT2D eigenvalue weighted by atomic mass is 35.5. The second-order valence-electron chi connectivity index (χ2n) is 5.05. The van der Waals surface area contributed by atoms with Crippen LogP contribution in [0.15, 0.2) is 42.5 Å². The Bertz CT molecular complexity index is 659. The molecule has 0 unspecified atom stereocenters. The van der Waals surface area contributed by atoms with E-state index < -0.39 is 0 Å². The van der Waals surface area contributed by atoms with Crippen molar-refractivity contribution in [1.29, 1.82) is 0 Å². The fourth-order valence-corrected chi connectivity index (χ4v) is 2.25. The summed E-state index contributed by atoms with van der Waals surface area (Å²) in [5.74, 6) is 0.765. The van der Waals surface area contributed by atoms with Crippen molar-refractivity contribution in [2.24, 2.45) is 0 Å². The molecule has 0 aromatic heterocycles. The normalized spacial score (nSPS) is 10.1. The first-order chi connectivity index (χ1) is 10.5. The molecule has 0 aliphatic heterocycles. The molecule has 0 aliphatic rings. The third-order valence-corrected chi connectivity index (χ3v) is 3.37. The summed E-state index contributed by atoms with van der Waals surface area (Å²) in [5, 5.41) is 6.05. The third-order valence-electron chi connectivity index (χ3n) is 3.13. The monoisotopic (exact) mass is 318 g/mol. The van der Waals surface area contributed by atoms with Gasteiger partial charge in [-0.25, -0.2) is 4.79 Å². The lowest BCUT2D eigenvalue weighted by Crippen LogP contribution is -2.37. The molecular formula is C17H19ClN2O2. The smallest absolute Gasteiger partial charge is 0.317 e. The van der Waals surface area contributed by atoms with Gasteiger partial charge in [-0.05, 0) is 43.2 Å². The maximum Gasteiger partial charge on any atom is 0.317 e. The number of halogens is 1. The first-order valence-electron chi connectivity index (χ1n) is 7.01. The molecule has 0 radical (unpaired) electrons. The SMILES string of the molecule is Cc1ccc(OCNC(=O)NCc2cccc(Cl)c2)c(C)c1. The molecule has 0 aliphatic carbocycles. The van der Waals surface area contributed by atoms with E-state index in [4.69, 9.17) is 16.3 Å². The van der Waals surface area contributed by atoms with E-state index in [1.165, 1.54) is 5.56 Å². The van der Waals surface area contributed by atoms with Crippen LogP contribution in [0.2, 0.25) is 5.02 Å². The first kappa shape index (κ1) is 16.2. The van der Waals surface area contributed by atoms with Crippen molar-refractivity contribution in [3.05, 3.63) is 64.2 Å². The summed E-state index contributed by atoms with van der Waals surface area (Å²) < 4.78 is 5.54. The summed E-state index contributed by atoms with van der Waals surface area (Å²) in [6, 6.07) is 13.0. The Morgan fingerprint density at radius 1 is 1.14 bits per heavy atom. The number of urea groups is 1. The highest BCUT2D eigenvalue weighted by molar-refractivity contribution is 6.30. The van der Waals surface area contributed by atoms with Crippen LogP contribution in [0, 0.1) is 13.8 Å². The summed E-state index contributed by atoms with van der Waals surface area (Å²) in [5.41, 5.74) is 3.16. The number of hydrogen-bond acceptors (Lipinski definition) is 2. The lowest BCUT2D eigenvalue weighted by Gasteiger charge is -2.11. The fraction of sp³-hybridized carbons (Fsp3) is 0.235. The fourth-order valence-electron chi connectivity index (χ4n) is 2.03. The van der Waals surface area contributed by atoms with Gasteiger partial charge in [0.2, 0.25) is 0 Å². The van der Waals surface area contributed by atoms with Crippen LogP contribution in [0.1, 0.15) is 16.7 Å². The quantitative estimate of drug-likeness (QED) is 0.824. The highest BCUT2D eigenvalue weighted by Crippen LogP contribution is 2.18. The summed E-state index contributed by atoms with van der Waals surface area (Å²) in [6.07, 6.45) is 0. The molecule has 0 bridgehead atoms. The zero-order valence-corrected chi connectivity index (χ0v) is 13.4. The molecular weight excluding hydrogens is 300 g/mol. The van der Waals surface area contributed by atoms with E-state index in [0.29, 0.717) is 11.6 Å². The van der Waals surface area contributed by atoms with Crippen LogP contribution in [-0.2, 0) is 6.54 Å². The Kier molecular flexibility index (Phi) is 5.67. The number of carbonyl (C=O) groups excluding carboxylic acids is 1. The number of hydrogen-bond donors (Lipinski definition) is 2. The Morgan fingerprint density at radius 2 is 1.95 bits per heavy atom. The molecule has 22 heavy (non-hydrogen) atoms. The van der Waals surface area contributed by atoms with Crippen molar-refractivity contribution in [1.82, 2.24) is 10.6 Å². The van der Waals surface area contributed by atoms with Crippen LogP contribution in [0.3, 0.4) is 0 Å². The van der Waals surface area contributed by atoms with Gasteiger partial charge in [-0.1, -0.05) is 41.4 Å². The minimum atomic E-state index is -0.287. The maximum absolute atomic E-state index is 11.7. The van der Waals surface area contributed by atoms with E-state index in [9.17, 15) is 4.79 Å². The molecule has 4 nitrogen and oxygen atoms in total. The van der Waals surface area contributed by atoms with Crippen LogP contribution >= 0.6 is 11.6 Å². The average Bonchev–Trinajstić information content (AvgIpc) is 2.47. The van der Waals surface area contributed by atoms with E-state index in [2.05, 4.69) is 10.6 Å². The third kappa shape index (κ3) is 4.97. The standard InChI is InChI=1S/C17H19ClN2O2/c1-12-6-7-16(13(2)8-12)22-11-20-17(21)19-10-14-4-3-5-15(18)9-14/h3-9H,10-11H2,1-2H3,(H2,19,20,21). The van der Waals surface area contributed by atoms with Gasteiger partial charge in [0.25, 0.3) is 0 Å². The Balaban J connectivity index is 1.74. The van der Waals surface area contributed by atoms with Gasteiger partial charge >= 0.3 is 6.03 Å². The second kappa shape index (κ2) is 7.71. The number of benzene rings is 2. The van der Waals surface area contributed by atoms with Crippen LogP contribution < -0.4 is 15.4 Å². The minimum Gasteiger partial charge on any atom is -0.473 e. The summed E-state index contributed by atoms with van der Waals surface area (Å²) >= 11 is 5.89.